The molecule has 2 heterocycles. The van der Waals surface area contributed by atoms with Gasteiger partial charge < -0.3 is 5.11 Å². The van der Waals surface area contributed by atoms with Crippen molar-refractivity contribution in [2.45, 2.75) is 31.5 Å². The molecule has 2 atom stereocenters. The molecule has 7 heteroatoms. The van der Waals surface area contributed by atoms with Gasteiger partial charge in [0.1, 0.15) is 24.3 Å². The van der Waals surface area contributed by atoms with Crippen molar-refractivity contribution in [3.63, 3.8) is 0 Å². The zero-order valence-electron chi connectivity index (χ0n) is 12.1. The van der Waals surface area contributed by atoms with Crippen molar-refractivity contribution in [2.75, 3.05) is 13.1 Å². The molecular weight excluding hydrogens is 290 g/mol. The van der Waals surface area contributed by atoms with Gasteiger partial charge in [-0.05, 0) is 25.5 Å². The fourth-order valence-corrected chi connectivity index (χ4v) is 2.98. The summed E-state index contributed by atoms with van der Waals surface area (Å²) >= 11 is 0. The van der Waals surface area contributed by atoms with Crippen molar-refractivity contribution < 1.29 is 13.9 Å². The molecule has 1 aliphatic rings. The molecule has 1 fully saturated rings. The Balaban J connectivity index is 1.65. The van der Waals surface area contributed by atoms with E-state index in [-0.39, 0.29) is 11.6 Å². The maximum atomic E-state index is 13.7. The first-order valence-electron chi connectivity index (χ1n) is 7.33. The van der Waals surface area contributed by atoms with Crippen LogP contribution in [0.5, 0.6) is 0 Å². The summed E-state index contributed by atoms with van der Waals surface area (Å²) in [5, 5.41) is 14.3. The van der Waals surface area contributed by atoms with E-state index in [2.05, 4.69) is 15.0 Å². The van der Waals surface area contributed by atoms with E-state index >= 15 is 0 Å². The van der Waals surface area contributed by atoms with Crippen molar-refractivity contribution in [3.8, 4) is 0 Å². The predicted molar refractivity (Wildman–Crippen MR) is 75.9 cm³/mol. The van der Waals surface area contributed by atoms with Crippen LogP contribution in [-0.4, -0.2) is 43.9 Å². The van der Waals surface area contributed by atoms with Gasteiger partial charge in [0, 0.05) is 24.2 Å². The van der Waals surface area contributed by atoms with E-state index in [1.165, 1.54) is 18.5 Å². The second kappa shape index (κ2) is 6.50. The van der Waals surface area contributed by atoms with E-state index in [4.69, 9.17) is 0 Å². The highest BCUT2D eigenvalue weighted by Gasteiger charge is 2.28. The third kappa shape index (κ3) is 3.31. The third-order valence-corrected chi connectivity index (χ3v) is 4.09. The smallest absolute Gasteiger partial charge is 0.137 e. The second-order valence-corrected chi connectivity index (χ2v) is 5.59. The van der Waals surface area contributed by atoms with Crippen LogP contribution in [0.2, 0.25) is 0 Å². The van der Waals surface area contributed by atoms with Crippen molar-refractivity contribution in [3.05, 3.63) is 48.1 Å². The standard InChI is InChI=1S/C15H18F2N4O/c16-11-3-4-13(14(17)6-11)15(22)8-20-5-1-2-12(20)7-21-10-18-9-19-21/h3-4,6,9-10,12,15,22H,1-2,5,7-8H2/t12-,15-/m0/s1. The maximum Gasteiger partial charge on any atom is 0.137 e. The molecule has 1 aliphatic heterocycles. The first-order valence-corrected chi connectivity index (χ1v) is 7.33. The summed E-state index contributed by atoms with van der Waals surface area (Å²) in [7, 11) is 0. The number of benzene rings is 1. The monoisotopic (exact) mass is 308 g/mol. The molecule has 0 aliphatic carbocycles. The lowest BCUT2D eigenvalue weighted by atomic mass is 10.1. The molecule has 1 aromatic heterocycles. The van der Waals surface area contributed by atoms with Gasteiger partial charge in [0.05, 0.1) is 12.6 Å². The highest BCUT2D eigenvalue weighted by Crippen LogP contribution is 2.24. The molecule has 0 amide bonds. The van der Waals surface area contributed by atoms with E-state index in [0.717, 1.165) is 25.5 Å². The summed E-state index contributed by atoms with van der Waals surface area (Å²) < 4.78 is 28.4. The van der Waals surface area contributed by atoms with Crippen LogP contribution < -0.4 is 0 Å². The Bertz CT molecular complexity index is 620. The lowest BCUT2D eigenvalue weighted by Gasteiger charge is -2.27. The zero-order valence-corrected chi connectivity index (χ0v) is 12.1. The van der Waals surface area contributed by atoms with Crippen LogP contribution in [0, 0.1) is 11.6 Å². The fourth-order valence-electron chi connectivity index (χ4n) is 2.98. The maximum absolute atomic E-state index is 13.7. The molecule has 22 heavy (non-hydrogen) atoms. The molecule has 2 aromatic rings. The van der Waals surface area contributed by atoms with Crippen LogP contribution in [0.3, 0.4) is 0 Å². The van der Waals surface area contributed by atoms with Gasteiger partial charge in [-0.1, -0.05) is 6.07 Å². The number of likely N-dealkylation sites (tertiary alicyclic amines) is 1. The van der Waals surface area contributed by atoms with Crippen molar-refractivity contribution in [1.82, 2.24) is 19.7 Å². The molecule has 0 bridgehead atoms. The fraction of sp³-hybridized carbons (Fsp3) is 0.467. The summed E-state index contributed by atoms with van der Waals surface area (Å²) in [6.45, 7) is 1.86. The SMILES string of the molecule is O[C@@H](CN1CCC[C@H]1Cn1cncn1)c1ccc(F)cc1F. The van der Waals surface area contributed by atoms with Gasteiger partial charge in [0.15, 0.2) is 0 Å². The molecule has 1 saturated heterocycles. The number of aliphatic hydroxyl groups excluding tert-OH is 1. The van der Waals surface area contributed by atoms with Crippen molar-refractivity contribution >= 4 is 0 Å². The van der Waals surface area contributed by atoms with E-state index in [9.17, 15) is 13.9 Å². The van der Waals surface area contributed by atoms with E-state index in [1.54, 1.807) is 11.0 Å². The first kappa shape index (κ1) is 15.1. The van der Waals surface area contributed by atoms with Crippen molar-refractivity contribution in [2.24, 2.45) is 0 Å². The van der Waals surface area contributed by atoms with Gasteiger partial charge in [-0.2, -0.15) is 5.10 Å². The van der Waals surface area contributed by atoms with Crippen LogP contribution in [0.4, 0.5) is 8.78 Å². The van der Waals surface area contributed by atoms with Crippen LogP contribution >= 0.6 is 0 Å². The van der Waals surface area contributed by atoms with Gasteiger partial charge in [0.2, 0.25) is 0 Å². The Kier molecular flexibility index (Phi) is 4.44. The van der Waals surface area contributed by atoms with Gasteiger partial charge >= 0.3 is 0 Å². The Hall–Kier alpha value is -1.86. The molecule has 0 unspecified atom stereocenters. The molecule has 118 valence electrons. The molecular formula is C15H18F2N4O. The highest BCUT2D eigenvalue weighted by atomic mass is 19.1. The second-order valence-electron chi connectivity index (χ2n) is 5.59. The number of aliphatic hydroxyl groups is 1. The van der Waals surface area contributed by atoms with Gasteiger partial charge in [0.25, 0.3) is 0 Å². The molecule has 0 radical (unpaired) electrons. The normalized spacial score (nSPS) is 20.4. The number of nitrogens with zero attached hydrogens (tertiary/aromatic N) is 4. The van der Waals surface area contributed by atoms with Gasteiger partial charge in [-0.25, -0.2) is 13.8 Å². The summed E-state index contributed by atoms with van der Waals surface area (Å²) in [6.07, 6.45) is 4.20. The van der Waals surface area contributed by atoms with Crippen LogP contribution in [0.25, 0.3) is 0 Å². The molecule has 5 nitrogen and oxygen atoms in total. The molecule has 1 N–H and O–H groups in total. The first-order chi connectivity index (χ1) is 10.6. The lowest BCUT2D eigenvalue weighted by Crippen LogP contribution is -2.36. The quantitative estimate of drug-likeness (QED) is 0.914. The number of rotatable bonds is 5. The Morgan fingerprint density at radius 2 is 2.23 bits per heavy atom. The summed E-state index contributed by atoms with van der Waals surface area (Å²) in [6, 6.07) is 3.51. The average Bonchev–Trinajstić information content (AvgIpc) is 3.12. The third-order valence-electron chi connectivity index (χ3n) is 4.09. The Labute approximate surface area is 127 Å². The predicted octanol–water partition coefficient (Wildman–Crippen LogP) is 1.75. The number of hydrogen-bond acceptors (Lipinski definition) is 4. The molecule has 1 aromatic carbocycles. The Morgan fingerprint density at radius 1 is 1.36 bits per heavy atom. The highest BCUT2D eigenvalue weighted by molar-refractivity contribution is 5.21. The minimum atomic E-state index is -0.975. The van der Waals surface area contributed by atoms with Crippen molar-refractivity contribution in [1.29, 1.82) is 0 Å². The number of aromatic nitrogens is 3. The number of halogens is 2. The minimum absolute atomic E-state index is 0.132. The van der Waals surface area contributed by atoms with Crippen LogP contribution in [0.1, 0.15) is 24.5 Å². The summed E-state index contributed by atoms with van der Waals surface area (Å²) in [5.41, 5.74) is 0.132. The summed E-state index contributed by atoms with van der Waals surface area (Å²) in [5.74, 6) is -1.35. The number of hydrogen-bond donors (Lipinski definition) is 1. The van der Waals surface area contributed by atoms with Gasteiger partial charge in [-0.15, -0.1) is 0 Å². The van der Waals surface area contributed by atoms with Crippen LogP contribution in [0.15, 0.2) is 30.9 Å². The molecule has 0 saturated carbocycles. The van der Waals surface area contributed by atoms with E-state index in [1.807, 2.05) is 0 Å². The minimum Gasteiger partial charge on any atom is -0.387 e. The van der Waals surface area contributed by atoms with E-state index < -0.39 is 17.7 Å². The molecule has 3 rings (SSSR count). The van der Waals surface area contributed by atoms with Gasteiger partial charge in [-0.3, -0.25) is 9.58 Å². The summed E-state index contributed by atoms with van der Waals surface area (Å²) in [4.78, 5) is 6.04. The number of β-amino-alcohol motifs (C(OH)–C–C–N with tert-alkyl or cyclic N) is 1. The molecule has 0 spiro atoms. The van der Waals surface area contributed by atoms with Crippen LogP contribution in [-0.2, 0) is 6.54 Å². The average molecular weight is 308 g/mol. The lowest BCUT2D eigenvalue weighted by molar-refractivity contribution is 0.0977. The topological polar surface area (TPSA) is 54.2 Å². The zero-order chi connectivity index (χ0) is 15.5. The van der Waals surface area contributed by atoms with E-state index in [0.29, 0.717) is 13.1 Å². The Morgan fingerprint density at radius 3 is 2.95 bits per heavy atom. The largest absolute Gasteiger partial charge is 0.387 e.